The van der Waals surface area contributed by atoms with Gasteiger partial charge in [0.2, 0.25) is 0 Å². The fourth-order valence-electron chi connectivity index (χ4n) is 3.83. The van der Waals surface area contributed by atoms with E-state index in [1.54, 1.807) is 22.4 Å². The number of para-hydroxylation sites is 1. The molecule has 0 spiro atoms. The zero-order valence-electron chi connectivity index (χ0n) is 15.7. The van der Waals surface area contributed by atoms with Crippen molar-refractivity contribution in [2.45, 2.75) is 25.6 Å². The van der Waals surface area contributed by atoms with Gasteiger partial charge in [-0.15, -0.1) is 11.3 Å². The summed E-state index contributed by atoms with van der Waals surface area (Å²) in [6.07, 6.45) is -3.96. The van der Waals surface area contributed by atoms with E-state index < -0.39 is 17.8 Å². The highest BCUT2D eigenvalue weighted by Gasteiger charge is 2.37. The predicted molar refractivity (Wildman–Crippen MR) is 108 cm³/mol. The molecule has 0 bridgehead atoms. The molecule has 0 fully saturated rings. The Morgan fingerprint density at radius 1 is 1.17 bits per heavy atom. The van der Waals surface area contributed by atoms with Crippen LogP contribution < -0.4 is 4.90 Å². The number of anilines is 1. The molecule has 1 aliphatic rings. The lowest BCUT2D eigenvalue weighted by Crippen LogP contribution is -2.36. The molecule has 1 aliphatic heterocycles. The fourth-order valence-corrected chi connectivity index (χ4v) is 4.52. The number of benzene rings is 1. The Labute approximate surface area is 173 Å². The molecule has 4 heterocycles. The van der Waals surface area contributed by atoms with E-state index in [1.807, 2.05) is 31.2 Å². The largest absolute Gasteiger partial charge is 0.433 e. The zero-order valence-corrected chi connectivity index (χ0v) is 16.5. The number of carbonyl (C=O) groups is 1. The minimum atomic E-state index is -4.65. The van der Waals surface area contributed by atoms with E-state index in [0.29, 0.717) is 15.8 Å². The second kappa shape index (κ2) is 6.66. The summed E-state index contributed by atoms with van der Waals surface area (Å²) in [5, 5.41) is 5.77. The lowest BCUT2D eigenvalue weighted by atomic mass is 10.1. The first kappa shape index (κ1) is 18.8. The minimum absolute atomic E-state index is 0.0169. The lowest BCUT2D eigenvalue weighted by Gasteiger charge is -2.21. The van der Waals surface area contributed by atoms with Crippen molar-refractivity contribution in [3.8, 4) is 10.6 Å². The Morgan fingerprint density at radius 2 is 1.97 bits per heavy atom. The second-order valence-corrected chi connectivity index (χ2v) is 8.11. The van der Waals surface area contributed by atoms with Crippen molar-refractivity contribution < 1.29 is 18.0 Å². The van der Waals surface area contributed by atoms with Gasteiger partial charge in [0.1, 0.15) is 0 Å². The summed E-state index contributed by atoms with van der Waals surface area (Å²) in [5.74, 6) is -0.441. The first-order chi connectivity index (χ1) is 14.3. The minimum Gasteiger partial charge on any atom is -0.304 e. The van der Waals surface area contributed by atoms with Gasteiger partial charge < -0.3 is 4.90 Å². The number of hydrogen-bond donors (Lipinski definition) is 0. The number of amides is 1. The van der Waals surface area contributed by atoms with E-state index in [1.165, 1.54) is 17.4 Å². The van der Waals surface area contributed by atoms with E-state index in [4.69, 9.17) is 0 Å². The van der Waals surface area contributed by atoms with Crippen molar-refractivity contribution in [1.82, 2.24) is 14.6 Å². The molecule has 0 radical (unpaired) electrons. The van der Waals surface area contributed by atoms with Crippen LogP contribution in [-0.2, 0) is 12.6 Å². The van der Waals surface area contributed by atoms with E-state index in [-0.39, 0.29) is 23.1 Å². The van der Waals surface area contributed by atoms with Gasteiger partial charge in [0.25, 0.3) is 5.91 Å². The number of nitrogens with zero attached hydrogens (tertiary/aromatic N) is 4. The molecular weight excluding hydrogens is 413 g/mol. The second-order valence-electron chi connectivity index (χ2n) is 7.16. The van der Waals surface area contributed by atoms with Crippen LogP contribution in [0.4, 0.5) is 18.9 Å². The van der Waals surface area contributed by atoms with Gasteiger partial charge in [-0.1, -0.05) is 24.3 Å². The molecule has 9 heteroatoms. The highest BCUT2D eigenvalue weighted by Crippen LogP contribution is 2.35. The molecule has 1 atom stereocenters. The van der Waals surface area contributed by atoms with Gasteiger partial charge in [0.15, 0.2) is 17.0 Å². The number of fused-ring (bicyclic) bond motifs is 2. The first-order valence-corrected chi connectivity index (χ1v) is 10.1. The number of carbonyl (C=O) groups excluding carboxylic acids is 1. The molecular formula is C21H15F3N4OS. The van der Waals surface area contributed by atoms with Crippen LogP contribution in [0.5, 0.6) is 0 Å². The molecule has 1 unspecified atom stereocenters. The molecule has 0 saturated heterocycles. The van der Waals surface area contributed by atoms with E-state index in [0.717, 1.165) is 17.3 Å². The van der Waals surface area contributed by atoms with Crippen LogP contribution in [0.2, 0.25) is 0 Å². The number of aromatic nitrogens is 3. The molecule has 1 aromatic carbocycles. The lowest BCUT2D eigenvalue weighted by molar-refractivity contribution is -0.142. The Morgan fingerprint density at radius 3 is 2.70 bits per heavy atom. The number of rotatable bonds is 2. The molecule has 0 N–H and O–H groups in total. The van der Waals surface area contributed by atoms with Gasteiger partial charge >= 0.3 is 6.18 Å². The third kappa shape index (κ3) is 2.97. The van der Waals surface area contributed by atoms with Crippen LogP contribution in [-0.4, -0.2) is 26.5 Å². The van der Waals surface area contributed by atoms with E-state index in [2.05, 4.69) is 10.1 Å². The SMILES string of the molecule is CC1Cc2ccccc2N1C(=O)c1cc2nc(-c3cccs3)cc(C(F)(F)F)n2n1. The highest BCUT2D eigenvalue weighted by molar-refractivity contribution is 7.13. The van der Waals surface area contributed by atoms with Crippen molar-refractivity contribution >= 4 is 28.6 Å². The summed E-state index contributed by atoms with van der Waals surface area (Å²) in [4.78, 5) is 19.7. The summed E-state index contributed by atoms with van der Waals surface area (Å²) in [5.41, 5.74) is 0.927. The Kier molecular flexibility index (Phi) is 4.18. The third-order valence-electron chi connectivity index (χ3n) is 5.14. The van der Waals surface area contributed by atoms with Gasteiger partial charge in [-0.3, -0.25) is 4.79 Å². The average Bonchev–Trinajstić information content (AvgIpc) is 3.43. The fraction of sp³-hybridized carbons (Fsp3) is 0.190. The highest BCUT2D eigenvalue weighted by atomic mass is 32.1. The molecule has 4 aromatic rings. The smallest absolute Gasteiger partial charge is 0.304 e. The first-order valence-electron chi connectivity index (χ1n) is 9.26. The zero-order chi connectivity index (χ0) is 21.0. The Hall–Kier alpha value is -3.20. The van der Waals surface area contributed by atoms with Gasteiger partial charge in [-0.2, -0.15) is 18.3 Å². The molecule has 0 saturated carbocycles. The molecule has 3 aromatic heterocycles. The van der Waals surface area contributed by atoms with E-state index in [9.17, 15) is 18.0 Å². The average molecular weight is 428 g/mol. The maximum absolute atomic E-state index is 13.7. The van der Waals surface area contributed by atoms with Crippen LogP contribution in [0.1, 0.15) is 28.7 Å². The van der Waals surface area contributed by atoms with E-state index >= 15 is 0 Å². The van der Waals surface area contributed by atoms with Crippen LogP contribution >= 0.6 is 11.3 Å². The third-order valence-corrected chi connectivity index (χ3v) is 6.03. The Balaban J connectivity index is 1.64. The Bertz CT molecular complexity index is 1260. The van der Waals surface area contributed by atoms with Crippen molar-refractivity contribution in [1.29, 1.82) is 0 Å². The number of thiophene rings is 1. The molecule has 5 nitrogen and oxygen atoms in total. The van der Waals surface area contributed by atoms with Gasteiger partial charge in [0, 0.05) is 17.8 Å². The molecule has 152 valence electrons. The summed E-state index contributed by atoms with van der Waals surface area (Å²) in [7, 11) is 0. The number of alkyl halides is 3. The molecule has 30 heavy (non-hydrogen) atoms. The van der Waals surface area contributed by atoms with Crippen molar-refractivity contribution in [3.05, 3.63) is 70.9 Å². The monoisotopic (exact) mass is 428 g/mol. The van der Waals surface area contributed by atoms with Crippen molar-refractivity contribution in [2.75, 3.05) is 4.90 Å². The van der Waals surface area contributed by atoms with Crippen LogP contribution in [0.25, 0.3) is 16.2 Å². The predicted octanol–water partition coefficient (Wildman–Crippen LogP) is 5.07. The topological polar surface area (TPSA) is 50.5 Å². The summed E-state index contributed by atoms with van der Waals surface area (Å²) < 4.78 is 41.9. The van der Waals surface area contributed by atoms with Crippen LogP contribution in [0, 0.1) is 0 Å². The summed E-state index contributed by atoms with van der Waals surface area (Å²) in [6, 6.07) is 13.1. The van der Waals surface area contributed by atoms with Crippen molar-refractivity contribution in [2.24, 2.45) is 0 Å². The molecule has 0 aliphatic carbocycles. The number of halogens is 3. The standard InChI is InChI=1S/C21H15F3N4OS/c1-12-9-13-5-2-3-6-16(13)27(12)20(29)15-11-19-25-14(17-7-4-8-30-17)10-18(21(22,23)24)28(19)26-15/h2-8,10-12H,9H2,1H3. The quantitative estimate of drug-likeness (QED) is 0.448. The van der Waals surface area contributed by atoms with Gasteiger partial charge in [0.05, 0.1) is 10.6 Å². The molecule has 5 rings (SSSR count). The van der Waals surface area contributed by atoms with Crippen LogP contribution in [0.15, 0.2) is 53.9 Å². The van der Waals surface area contributed by atoms with Gasteiger partial charge in [-0.05, 0) is 42.5 Å². The maximum Gasteiger partial charge on any atom is 0.433 e. The molecule has 1 amide bonds. The summed E-state index contributed by atoms with van der Waals surface area (Å²) in [6.45, 7) is 1.90. The normalized spacial score (nSPS) is 16.3. The summed E-state index contributed by atoms with van der Waals surface area (Å²) >= 11 is 1.30. The van der Waals surface area contributed by atoms with Crippen molar-refractivity contribution in [3.63, 3.8) is 0 Å². The van der Waals surface area contributed by atoms with Gasteiger partial charge in [-0.25, -0.2) is 9.50 Å². The van der Waals surface area contributed by atoms with Crippen LogP contribution in [0.3, 0.4) is 0 Å². The number of hydrogen-bond acceptors (Lipinski definition) is 4. The maximum atomic E-state index is 13.7.